The molecule has 1 aliphatic rings. The molecular formula is C22H24N4O2. The Hall–Kier alpha value is -3.15. The minimum absolute atomic E-state index is 0.102. The first-order chi connectivity index (χ1) is 13.7. The van der Waals surface area contributed by atoms with Crippen molar-refractivity contribution < 1.29 is 9.59 Å². The van der Waals surface area contributed by atoms with Crippen molar-refractivity contribution in [3.05, 3.63) is 65.7 Å². The normalized spacial score (nSPS) is 14.2. The number of carbonyl (C=O) groups excluding carboxylic acids is 2. The van der Waals surface area contributed by atoms with Gasteiger partial charge in [0, 0.05) is 25.0 Å². The molecule has 0 saturated carbocycles. The third-order valence-electron chi connectivity index (χ3n) is 5.22. The fraction of sp³-hybridized carbons (Fsp3) is 0.318. The van der Waals surface area contributed by atoms with Crippen LogP contribution in [0.1, 0.15) is 52.9 Å². The average Bonchev–Trinajstić information content (AvgIpc) is 3.14. The molecule has 2 amide bonds. The van der Waals surface area contributed by atoms with Crippen LogP contribution in [-0.2, 0) is 6.42 Å². The van der Waals surface area contributed by atoms with Gasteiger partial charge in [-0.1, -0.05) is 25.1 Å². The SMILES string of the molecule is CCc1ccc(NC(=O)c2nc(C(=O)N3CCCCC3)c3ccccn23)cc1. The minimum Gasteiger partial charge on any atom is -0.337 e. The predicted octanol–water partition coefficient (Wildman–Crippen LogP) is 3.78. The molecule has 6 nitrogen and oxygen atoms in total. The summed E-state index contributed by atoms with van der Waals surface area (Å²) < 4.78 is 1.69. The number of amides is 2. The first kappa shape index (κ1) is 18.2. The van der Waals surface area contributed by atoms with E-state index in [1.54, 1.807) is 10.6 Å². The molecule has 144 valence electrons. The van der Waals surface area contributed by atoms with Crippen molar-refractivity contribution in [3.63, 3.8) is 0 Å². The molecule has 4 rings (SSSR count). The van der Waals surface area contributed by atoms with E-state index < -0.39 is 0 Å². The highest BCUT2D eigenvalue weighted by Gasteiger charge is 2.26. The summed E-state index contributed by atoms with van der Waals surface area (Å²) in [5.74, 6) is -0.214. The van der Waals surface area contributed by atoms with Gasteiger partial charge < -0.3 is 10.2 Å². The van der Waals surface area contributed by atoms with E-state index in [-0.39, 0.29) is 17.6 Å². The Kier molecular flexibility index (Phi) is 5.10. The van der Waals surface area contributed by atoms with Crippen molar-refractivity contribution in [1.29, 1.82) is 0 Å². The van der Waals surface area contributed by atoms with Crippen LogP contribution in [0.2, 0.25) is 0 Å². The van der Waals surface area contributed by atoms with Gasteiger partial charge in [0.15, 0.2) is 5.69 Å². The second-order valence-electron chi connectivity index (χ2n) is 7.10. The smallest absolute Gasteiger partial charge is 0.292 e. The van der Waals surface area contributed by atoms with Crippen molar-refractivity contribution >= 4 is 23.0 Å². The maximum atomic E-state index is 13.0. The number of carbonyl (C=O) groups is 2. The van der Waals surface area contributed by atoms with Crippen molar-refractivity contribution in [3.8, 4) is 0 Å². The second kappa shape index (κ2) is 7.84. The summed E-state index contributed by atoms with van der Waals surface area (Å²) in [6.07, 6.45) is 5.89. The highest BCUT2D eigenvalue weighted by molar-refractivity contribution is 6.06. The molecule has 0 spiro atoms. The Balaban J connectivity index is 1.65. The molecule has 1 aliphatic heterocycles. The van der Waals surface area contributed by atoms with Crippen LogP contribution in [0.3, 0.4) is 0 Å². The largest absolute Gasteiger partial charge is 0.337 e. The zero-order valence-corrected chi connectivity index (χ0v) is 16.0. The zero-order chi connectivity index (χ0) is 19.5. The number of benzene rings is 1. The Morgan fingerprint density at radius 3 is 2.50 bits per heavy atom. The first-order valence-electron chi connectivity index (χ1n) is 9.84. The summed E-state index contributed by atoms with van der Waals surface area (Å²) in [4.78, 5) is 32.2. The van der Waals surface area contributed by atoms with Crippen LogP contribution in [0, 0.1) is 0 Å². The maximum absolute atomic E-state index is 13.0. The van der Waals surface area contributed by atoms with Crippen LogP contribution in [0.15, 0.2) is 48.7 Å². The number of hydrogen-bond acceptors (Lipinski definition) is 3. The quantitative estimate of drug-likeness (QED) is 0.754. The number of anilines is 1. The van der Waals surface area contributed by atoms with Crippen molar-refractivity contribution in [2.24, 2.45) is 0 Å². The molecule has 0 unspecified atom stereocenters. The molecule has 2 aromatic heterocycles. The number of likely N-dealkylation sites (tertiary alicyclic amines) is 1. The van der Waals surface area contributed by atoms with Crippen LogP contribution in [0.5, 0.6) is 0 Å². The molecule has 0 atom stereocenters. The summed E-state index contributed by atoms with van der Waals surface area (Å²) in [6, 6.07) is 13.3. The second-order valence-corrected chi connectivity index (χ2v) is 7.10. The van der Waals surface area contributed by atoms with E-state index in [9.17, 15) is 9.59 Å². The third-order valence-corrected chi connectivity index (χ3v) is 5.22. The lowest BCUT2D eigenvalue weighted by molar-refractivity contribution is 0.0721. The number of fused-ring (bicyclic) bond motifs is 1. The van der Waals surface area contributed by atoms with Crippen LogP contribution >= 0.6 is 0 Å². The predicted molar refractivity (Wildman–Crippen MR) is 109 cm³/mol. The van der Waals surface area contributed by atoms with Crippen molar-refractivity contribution in [2.75, 3.05) is 18.4 Å². The van der Waals surface area contributed by atoms with E-state index in [0.29, 0.717) is 16.9 Å². The number of aryl methyl sites for hydroxylation is 1. The molecule has 1 aromatic carbocycles. The van der Waals surface area contributed by atoms with E-state index in [0.717, 1.165) is 38.8 Å². The lowest BCUT2D eigenvalue weighted by Crippen LogP contribution is -2.36. The Morgan fingerprint density at radius 2 is 1.79 bits per heavy atom. The van der Waals surface area contributed by atoms with Crippen LogP contribution in [0.25, 0.3) is 5.52 Å². The molecule has 6 heteroatoms. The summed E-state index contributed by atoms with van der Waals surface area (Å²) >= 11 is 0. The molecule has 0 radical (unpaired) electrons. The first-order valence-corrected chi connectivity index (χ1v) is 9.84. The average molecular weight is 376 g/mol. The zero-order valence-electron chi connectivity index (χ0n) is 16.0. The molecular weight excluding hydrogens is 352 g/mol. The number of pyridine rings is 1. The van der Waals surface area contributed by atoms with E-state index >= 15 is 0 Å². The monoisotopic (exact) mass is 376 g/mol. The summed E-state index contributed by atoms with van der Waals surface area (Å²) in [5.41, 5.74) is 2.91. The lowest BCUT2D eigenvalue weighted by atomic mass is 10.1. The van der Waals surface area contributed by atoms with Gasteiger partial charge in [-0.2, -0.15) is 0 Å². The number of rotatable bonds is 4. The van der Waals surface area contributed by atoms with Gasteiger partial charge in [0.25, 0.3) is 11.8 Å². The van der Waals surface area contributed by atoms with Crippen LogP contribution < -0.4 is 5.32 Å². The standard InChI is InChI=1S/C22H24N4O2/c1-2-16-9-11-17(12-10-16)23-21(27)20-24-19(18-8-4-7-15-26(18)20)22(28)25-13-5-3-6-14-25/h4,7-12,15H,2-3,5-6,13-14H2,1H3,(H,23,27). The molecule has 1 fully saturated rings. The molecule has 3 aromatic rings. The number of piperidine rings is 1. The van der Waals surface area contributed by atoms with Gasteiger partial charge in [-0.3, -0.25) is 14.0 Å². The summed E-state index contributed by atoms with van der Waals surface area (Å²) in [6.45, 7) is 3.58. The van der Waals surface area contributed by atoms with Gasteiger partial charge in [0.2, 0.25) is 5.82 Å². The Morgan fingerprint density at radius 1 is 1.04 bits per heavy atom. The van der Waals surface area contributed by atoms with Crippen LogP contribution in [-0.4, -0.2) is 39.2 Å². The van der Waals surface area contributed by atoms with Gasteiger partial charge in [0.1, 0.15) is 0 Å². The highest BCUT2D eigenvalue weighted by Crippen LogP contribution is 2.19. The number of hydrogen-bond donors (Lipinski definition) is 1. The molecule has 28 heavy (non-hydrogen) atoms. The number of aromatic nitrogens is 2. The van der Waals surface area contributed by atoms with Gasteiger partial charge in [-0.05, 0) is 55.5 Å². The van der Waals surface area contributed by atoms with E-state index in [1.807, 2.05) is 47.4 Å². The van der Waals surface area contributed by atoms with E-state index in [4.69, 9.17) is 0 Å². The third kappa shape index (κ3) is 3.50. The minimum atomic E-state index is -0.330. The van der Waals surface area contributed by atoms with Crippen LogP contribution in [0.4, 0.5) is 5.69 Å². The Labute approximate surface area is 164 Å². The molecule has 1 saturated heterocycles. The number of imidazole rings is 1. The molecule has 3 heterocycles. The highest BCUT2D eigenvalue weighted by atomic mass is 16.2. The number of nitrogens with one attached hydrogen (secondary N) is 1. The summed E-state index contributed by atoms with van der Waals surface area (Å²) in [5, 5.41) is 2.89. The molecule has 0 bridgehead atoms. The maximum Gasteiger partial charge on any atom is 0.292 e. The molecule has 0 aliphatic carbocycles. The lowest BCUT2D eigenvalue weighted by Gasteiger charge is -2.25. The van der Waals surface area contributed by atoms with Gasteiger partial charge in [-0.25, -0.2) is 4.98 Å². The topological polar surface area (TPSA) is 66.7 Å². The number of nitrogens with zero attached hydrogens (tertiary/aromatic N) is 3. The van der Waals surface area contributed by atoms with E-state index in [2.05, 4.69) is 17.2 Å². The van der Waals surface area contributed by atoms with Crippen molar-refractivity contribution in [1.82, 2.24) is 14.3 Å². The Bertz CT molecular complexity index is 1000. The van der Waals surface area contributed by atoms with Crippen molar-refractivity contribution in [2.45, 2.75) is 32.6 Å². The van der Waals surface area contributed by atoms with Gasteiger partial charge in [-0.15, -0.1) is 0 Å². The van der Waals surface area contributed by atoms with Gasteiger partial charge >= 0.3 is 0 Å². The molecule has 1 N–H and O–H groups in total. The fourth-order valence-electron chi connectivity index (χ4n) is 3.61. The fourth-order valence-corrected chi connectivity index (χ4v) is 3.61. The van der Waals surface area contributed by atoms with E-state index in [1.165, 1.54) is 5.56 Å². The van der Waals surface area contributed by atoms with Gasteiger partial charge in [0.05, 0.1) is 5.52 Å². The summed E-state index contributed by atoms with van der Waals surface area (Å²) in [7, 11) is 0.